The largest absolute Gasteiger partial charge is 0.446 e. The molecule has 0 bridgehead atoms. The first-order valence-electron chi connectivity index (χ1n) is 7.42. The average molecular weight is 389 g/mol. The summed E-state index contributed by atoms with van der Waals surface area (Å²) >= 11 is 0. The van der Waals surface area contributed by atoms with Crippen molar-refractivity contribution < 1.29 is 32.4 Å². The van der Waals surface area contributed by atoms with Gasteiger partial charge in [-0.05, 0) is 39.8 Å². The number of carbonyl (C=O) groups excluding carboxylic acids is 2. The van der Waals surface area contributed by atoms with Crippen LogP contribution in [0.5, 0.6) is 0 Å². The number of hydrazine groups is 1. The van der Waals surface area contributed by atoms with Crippen molar-refractivity contribution >= 4 is 27.9 Å². The molecule has 1 aromatic carbocycles. The molecule has 0 heterocycles. The summed E-state index contributed by atoms with van der Waals surface area (Å²) in [6.07, 6.45) is -3.79. The van der Waals surface area contributed by atoms with E-state index in [-0.39, 0.29) is 10.1 Å². The van der Waals surface area contributed by atoms with Gasteiger partial charge in [-0.25, -0.2) is 15.0 Å². The van der Waals surface area contributed by atoms with Crippen LogP contribution in [0.2, 0.25) is 0 Å². The number of nitrogens with one attached hydrogen (secondary N) is 1. The molecule has 0 unspecified atom stereocenters. The lowest BCUT2D eigenvalue weighted by molar-refractivity contribution is -0.384. The highest BCUT2D eigenvalue weighted by Crippen LogP contribution is 2.19. The molecule has 0 aliphatic rings. The minimum Gasteiger partial charge on any atom is -0.446 e. The minimum atomic E-state index is -4.59. The number of hydrogen-bond acceptors (Lipinski definition) is 8. The minimum absolute atomic E-state index is 0.0150. The number of non-ortho nitro benzene ring substituents is 1. The number of nitro benzene ring substituents is 1. The van der Waals surface area contributed by atoms with E-state index >= 15 is 0 Å². The molecule has 0 atom stereocenters. The van der Waals surface area contributed by atoms with Crippen LogP contribution in [-0.2, 0) is 19.5 Å². The molecule has 12 heteroatoms. The standard InChI is InChI=1S/C14H19N3O8S/c1-9(2)24-13(18)15-16(14(19)25-10(3)4)26(22,23)12-7-5-11(6-8-12)17(20)21/h5-10H,1-4H3,(H,15,18). The fourth-order valence-corrected chi connectivity index (χ4v) is 2.75. The molecule has 1 aromatic rings. The zero-order valence-corrected chi connectivity index (χ0v) is 15.3. The Bertz CT molecular complexity index is 774. The molecule has 2 amide bonds. The molecular formula is C14H19N3O8S. The Morgan fingerprint density at radius 2 is 1.58 bits per heavy atom. The third-order valence-electron chi connectivity index (χ3n) is 2.62. The fourth-order valence-electron chi connectivity index (χ4n) is 1.62. The Morgan fingerprint density at radius 3 is 2.00 bits per heavy atom. The zero-order valence-electron chi connectivity index (χ0n) is 14.5. The molecule has 144 valence electrons. The average Bonchev–Trinajstić information content (AvgIpc) is 2.51. The smallest absolute Gasteiger partial charge is 0.443 e. The Morgan fingerprint density at radius 1 is 1.08 bits per heavy atom. The summed E-state index contributed by atoms with van der Waals surface area (Å²) < 4.78 is 34.9. The van der Waals surface area contributed by atoms with Crippen molar-refractivity contribution in [2.45, 2.75) is 44.8 Å². The molecule has 0 aromatic heterocycles. The molecule has 1 N–H and O–H groups in total. The highest BCUT2D eigenvalue weighted by atomic mass is 32.2. The Labute approximate surface area is 150 Å². The molecule has 0 fully saturated rings. The first-order chi connectivity index (χ1) is 11.9. The van der Waals surface area contributed by atoms with Gasteiger partial charge < -0.3 is 9.47 Å². The van der Waals surface area contributed by atoms with E-state index < -0.39 is 44.2 Å². The second-order valence-electron chi connectivity index (χ2n) is 5.52. The first-order valence-corrected chi connectivity index (χ1v) is 8.86. The topological polar surface area (TPSA) is 145 Å². The van der Waals surface area contributed by atoms with Gasteiger partial charge in [-0.3, -0.25) is 10.1 Å². The molecular weight excluding hydrogens is 370 g/mol. The van der Waals surface area contributed by atoms with Crippen LogP contribution < -0.4 is 5.43 Å². The van der Waals surface area contributed by atoms with Crippen molar-refractivity contribution in [2.75, 3.05) is 0 Å². The van der Waals surface area contributed by atoms with Gasteiger partial charge in [-0.2, -0.15) is 8.42 Å². The molecule has 11 nitrogen and oxygen atoms in total. The summed E-state index contributed by atoms with van der Waals surface area (Å²) in [6.45, 7) is 6.03. The van der Waals surface area contributed by atoms with Gasteiger partial charge in [0, 0.05) is 12.1 Å². The summed E-state index contributed by atoms with van der Waals surface area (Å²) in [6, 6.07) is 3.76. The second kappa shape index (κ2) is 8.47. The lowest BCUT2D eigenvalue weighted by atomic mass is 10.3. The maximum absolute atomic E-state index is 12.6. The van der Waals surface area contributed by atoms with E-state index in [1.807, 2.05) is 0 Å². The van der Waals surface area contributed by atoms with Crippen LogP contribution in [-0.4, -0.2) is 42.1 Å². The number of benzene rings is 1. The van der Waals surface area contributed by atoms with Gasteiger partial charge in [0.1, 0.15) is 0 Å². The third-order valence-corrected chi connectivity index (χ3v) is 4.21. The molecule has 0 saturated carbocycles. The van der Waals surface area contributed by atoms with Crippen LogP contribution in [0.4, 0.5) is 15.3 Å². The van der Waals surface area contributed by atoms with Gasteiger partial charge in [0.25, 0.3) is 15.7 Å². The maximum atomic E-state index is 12.6. The number of nitrogens with zero attached hydrogens (tertiary/aromatic N) is 2. The number of sulfonamides is 1. The van der Waals surface area contributed by atoms with E-state index in [0.717, 1.165) is 24.3 Å². The van der Waals surface area contributed by atoms with Crippen molar-refractivity contribution in [3.8, 4) is 0 Å². The predicted octanol–water partition coefficient (Wildman–Crippen LogP) is 2.18. The zero-order chi connectivity index (χ0) is 20.1. The molecule has 0 radical (unpaired) electrons. The second-order valence-corrected chi connectivity index (χ2v) is 7.31. The molecule has 0 aliphatic heterocycles. The van der Waals surface area contributed by atoms with E-state index in [1.165, 1.54) is 27.7 Å². The Hall–Kier alpha value is -2.89. The monoisotopic (exact) mass is 389 g/mol. The molecule has 0 aliphatic carbocycles. The highest BCUT2D eigenvalue weighted by molar-refractivity contribution is 7.89. The summed E-state index contributed by atoms with van der Waals surface area (Å²) in [5, 5.41) is 10.7. The van der Waals surface area contributed by atoms with Crippen molar-refractivity contribution in [1.82, 2.24) is 9.84 Å². The lowest BCUT2D eigenvalue weighted by Gasteiger charge is -2.23. The van der Waals surface area contributed by atoms with Crippen LogP contribution in [0.3, 0.4) is 0 Å². The first kappa shape index (κ1) is 21.2. The van der Waals surface area contributed by atoms with E-state index in [9.17, 15) is 28.1 Å². The van der Waals surface area contributed by atoms with Gasteiger partial charge in [0.05, 0.1) is 22.0 Å². The van der Waals surface area contributed by atoms with Crippen molar-refractivity contribution in [3.05, 3.63) is 34.4 Å². The van der Waals surface area contributed by atoms with Crippen LogP contribution in [0.1, 0.15) is 27.7 Å². The number of hydrogen-bond donors (Lipinski definition) is 1. The van der Waals surface area contributed by atoms with Crippen molar-refractivity contribution in [1.29, 1.82) is 0 Å². The van der Waals surface area contributed by atoms with Gasteiger partial charge in [0.15, 0.2) is 0 Å². The Kier molecular flexibility index (Phi) is 6.89. The highest BCUT2D eigenvalue weighted by Gasteiger charge is 2.34. The molecule has 1 rings (SSSR count). The molecule has 0 spiro atoms. The van der Waals surface area contributed by atoms with Gasteiger partial charge in [-0.1, -0.05) is 0 Å². The van der Waals surface area contributed by atoms with E-state index in [2.05, 4.69) is 0 Å². The summed E-state index contributed by atoms with van der Waals surface area (Å²) in [7, 11) is -4.59. The molecule has 26 heavy (non-hydrogen) atoms. The Balaban J connectivity index is 3.22. The van der Waals surface area contributed by atoms with Gasteiger partial charge in [0.2, 0.25) is 0 Å². The number of amides is 2. The van der Waals surface area contributed by atoms with Crippen LogP contribution >= 0.6 is 0 Å². The van der Waals surface area contributed by atoms with E-state index in [0.29, 0.717) is 0 Å². The molecule has 0 saturated heterocycles. The normalized spacial score (nSPS) is 11.2. The maximum Gasteiger partial charge on any atom is 0.443 e. The fraction of sp³-hybridized carbons (Fsp3) is 0.429. The lowest BCUT2D eigenvalue weighted by Crippen LogP contribution is -2.50. The van der Waals surface area contributed by atoms with E-state index in [4.69, 9.17) is 9.47 Å². The van der Waals surface area contributed by atoms with Gasteiger partial charge >= 0.3 is 12.2 Å². The van der Waals surface area contributed by atoms with E-state index in [1.54, 1.807) is 5.43 Å². The number of rotatable bonds is 5. The SMILES string of the molecule is CC(C)OC(=O)NN(C(=O)OC(C)C)S(=O)(=O)c1ccc([N+](=O)[O-])cc1. The summed E-state index contributed by atoms with van der Waals surface area (Å²) in [5.41, 5.74) is 1.47. The quantitative estimate of drug-likeness (QED) is 0.595. The number of ether oxygens (including phenoxy) is 2. The van der Waals surface area contributed by atoms with Crippen molar-refractivity contribution in [2.24, 2.45) is 0 Å². The van der Waals surface area contributed by atoms with Crippen molar-refractivity contribution in [3.63, 3.8) is 0 Å². The van der Waals surface area contributed by atoms with Crippen LogP contribution in [0.15, 0.2) is 29.2 Å². The van der Waals surface area contributed by atoms with Crippen LogP contribution in [0.25, 0.3) is 0 Å². The van der Waals surface area contributed by atoms with Crippen LogP contribution in [0, 0.1) is 10.1 Å². The number of carbonyl (C=O) groups is 2. The van der Waals surface area contributed by atoms with Gasteiger partial charge in [-0.15, -0.1) is 4.41 Å². The summed E-state index contributed by atoms with van der Waals surface area (Å²) in [4.78, 5) is 33.4. The number of nitro groups is 1. The predicted molar refractivity (Wildman–Crippen MR) is 88.5 cm³/mol. The summed E-state index contributed by atoms with van der Waals surface area (Å²) in [5.74, 6) is 0. The third kappa shape index (κ3) is 5.58.